The van der Waals surface area contributed by atoms with Gasteiger partial charge in [-0.25, -0.2) is 13.4 Å². The van der Waals surface area contributed by atoms with Crippen LogP contribution in [0.3, 0.4) is 0 Å². The number of rotatable bonds is 8. The van der Waals surface area contributed by atoms with E-state index in [0.29, 0.717) is 5.02 Å². The van der Waals surface area contributed by atoms with Crippen molar-refractivity contribution in [1.29, 1.82) is 0 Å². The average molecular weight is 659 g/mol. The lowest BCUT2D eigenvalue weighted by atomic mass is 10.1. The molecule has 1 aliphatic rings. The van der Waals surface area contributed by atoms with Gasteiger partial charge in [0.1, 0.15) is 11.6 Å². The largest absolute Gasteiger partial charge is 0.673 e. The Morgan fingerprint density at radius 2 is 1.43 bits per heavy atom. The summed E-state index contributed by atoms with van der Waals surface area (Å²) in [6.07, 6.45) is 8.05. The zero-order chi connectivity index (χ0) is 33.3. The standard InChI is InChI=1S/C34H34ClF2N4.BF4/c1-3-39(4-2)32(25-8-13-28(36)14-9-25)6-5-7-33(26-10-15-29(37)16-11-26)40-20-22-41(23-21-40)34-18-19-38-31-24-27(35)12-17-30(31)34;2-1(3,4)5/h5-19,24H,3-4,20-23H2,1-2H3;/q+1;-1. The molecule has 0 unspecified atom stereocenters. The summed E-state index contributed by atoms with van der Waals surface area (Å²) in [4.78, 5) is 9.13. The molecule has 46 heavy (non-hydrogen) atoms. The molecule has 12 heteroatoms. The fourth-order valence-corrected chi connectivity index (χ4v) is 5.54. The van der Waals surface area contributed by atoms with Crippen LogP contribution in [-0.2, 0) is 0 Å². The number of pyridine rings is 1. The van der Waals surface area contributed by atoms with E-state index in [1.165, 1.54) is 24.3 Å². The summed E-state index contributed by atoms with van der Waals surface area (Å²) in [6.45, 7) is 9.16. The molecule has 4 aromatic rings. The Bertz CT molecular complexity index is 1690. The van der Waals surface area contributed by atoms with E-state index in [2.05, 4.69) is 51.4 Å². The zero-order valence-corrected chi connectivity index (χ0v) is 26.2. The molecule has 1 fully saturated rings. The second kappa shape index (κ2) is 15.8. The van der Waals surface area contributed by atoms with Crippen LogP contribution in [0.5, 0.6) is 0 Å². The van der Waals surface area contributed by atoms with Crippen molar-refractivity contribution in [2.24, 2.45) is 0 Å². The van der Waals surface area contributed by atoms with E-state index in [9.17, 15) is 26.0 Å². The molecule has 0 radical (unpaired) electrons. The van der Waals surface area contributed by atoms with E-state index < -0.39 is 7.25 Å². The van der Waals surface area contributed by atoms with Crippen LogP contribution in [0.15, 0.2) is 97.2 Å². The number of allylic oxidation sites excluding steroid dienone is 3. The van der Waals surface area contributed by atoms with Gasteiger partial charge < -0.3 is 27.1 Å². The lowest BCUT2D eigenvalue weighted by Gasteiger charge is -2.29. The van der Waals surface area contributed by atoms with Crippen LogP contribution in [0.2, 0.25) is 5.02 Å². The second-order valence-corrected chi connectivity index (χ2v) is 10.9. The molecule has 0 aliphatic carbocycles. The second-order valence-electron chi connectivity index (χ2n) is 10.4. The van der Waals surface area contributed by atoms with Crippen molar-refractivity contribution in [3.63, 3.8) is 0 Å². The van der Waals surface area contributed by atoms with Crippen molar-refractivity contribution in [3.8, 4) is 0 Å². The third-order valence-electron chi connectivity index (χ3n) is 7.54. The van der Waals surface area contributed by atoms with Crippen LogP contribution in [0, 0.1) is 11.6 Å². The molecule has 0 spiro atoms. The van der Waals surface area contributed by atoms with E-state index >= 15 is 0 Å². The Balaban J connectivity index is 0.000000892. The summed E-state index contributed by atoms with van der Waals surface area (Å²) < 4.78 is 68.8. The van der Waals surface area contributed by atoms with E-state index in [-0.39, 0.29) is 11.6 Å². The molecule has 0 atom stereocenters. The average Bonchev–Trinajstić information content (AvgIpc) is 3.03. The molecular weight excluding hydrogens is 625 g/mol. The molecule has 4 nitrogen and oxygen atoms in total. The number of hydrogen-bond acceptors (Lipinski definition) is 3. The molecule has 3 aromatic carbocycles. The van der Waals surface area contributed by atoms with Gasteiger partial charge in [0.25, 0.3) is 0 Å². The van der Waals surface area contributed by atoms with E-state index in [4.69, 9.17) is 11.6 Å². The summed E-state index contributed by atoms with van der Waals surface area (Å²) in [6, 6.07) is 21.2. The van der Waals surface area contributed by atoms with Crippen LogP contribution in [0.4, 0.5) is 31.7 Å². The lowest BCUT2D eigenvalue weighted by Crippen LogP contribution is -2.44. The van der Waals surface area contributed by atoms with Crippen molar-refractivity contribution in [2.45, 2.75) is 13.8 Å². The maximum Gasteiger partial charge on any atom is 0.673 e. The highest BCUT2D eigenvalue weighted by Gasteiger charge is 2.24. The topological polar surface area (TPSA) is 22.4 Å². The summed E-state index contributed by atoms with van der Waals surface area (Å²) in [5, 5.41) is 1.76. The fourth-order valence-electron chi connectivity index (χ4n) is 5.37. The monoisotopic (exact) mass is 658 g/mol. The molecule has 1 aromatic heterocycles. The zero-order valence-electron chi connectivity index (χ0n) is 25.5. The van der Waals surface area contributed by atoms with Gasteiger partial charge in [0.15, 0.2) is 13.1 Å². The third kappa shape index (κ3) is 9.63. The van der Waals surface area contributed by atoms with Crippen LogP contribution in [0.25, 0.3) is 16.6 Å². The van der Waals surface area contributed by atoms with Crippen LogP contribution >= 0.6 is 11.6 Å². The first kappa shape index (κ1) is 34.6. The van der Waals surface area contributed by atoms with Crippen LogP contribution < -0.4 is 4.90 Å². The minimum atomic E-state index is -6.00. The number of benzene rings is 3. The first-order valence-electron chi connectivity index (χ1n) is 14.9. The molecule has 2 heterocycles. The maximum atomic E-state index is 13.8. The minimum Gasteiger partial charge on any atom is -0.418 e. The fraction of sp³-hybridized carbons (Fsp3) is 0.235. The molecule has 0 N–H and O–H groups in total. The van der Waals surface area contributed by atoms with Gasteiger partial charge in [-0.2, -0.15) is 0 Å². The van der Waals surface area contributed by atoms with Gasteiger partial charge in [-0.05, 0) is 98.3 Å². The van der Waals surface area contributed by atoms with E-state index in [0.717, 1.165) is 78.4 Å². The first-order valence-corrected chi connectivity index (χ1v) is 15.3. The number of anilines is 1. The number of fused-ring (bicyclic) bond motifs is 1. The number of piperazine rings is 1. The third-order valence-corrected chi connectivity index (χ3v) is 7.77. The summed E-state index contributed by atoms with van der Waals surface area (Å²) in [5.41, 5.74) is 6.01. The van der Waals surface area contributed by atoms with Gasteiger partial charge in [0.05, 0.1) is 18.6 Å². The molecule has 242 valence electrons. The van der Waals surface area contributed by atoms with Crippen molar-refractivity contribution < 1.29 is 30.6 Å². The van der Waals surface area contributed by atoms with E-state index in [1.807, 2.05) is 54.7 Å². The quantitative estimate of drug-likeness (QED) is 0.0819. The van der Waals surface area contributed by atoms with Gasteiger partial charge in [-0.1, -0.05) is 17.7 Å². The molecule has 0 amide bonds. The SMILES string of the molecule is CCN(CC)/C(=C/C=C/C(c1ccc(F)cc1)=[N+]1CCN(c2ccnc3cc(Cl)ccc23)CC1)c1ccc(F)cc1.F[B-](F)(F)F. The Labute approximate surface area is 270 Å². The molecule has 1 saturated heterocycles. The van der Waals surface area contributed by atoms with Crippen molar-refractivity contribution in [3.05, 3.63) is 125 Å². The minimum absolute atomic E-state index is 0.252. The van der Waals surface area contributed by atoms with Crippen molar-refractivity contribution in [1.82, 2.24) is 9.88 Å². The number of nitrogens with zero attached hydrogens (tertiary/aromatic N) is 4. The molecule has 0 saturated carbocycles. The molecule has 5 rings (SSSR count). The normalized spacial score (nSPS) is 14.0. The van der Waals surface area contributed by atoms with Gasteiger partial charge in [0, 0.05) is 52.7 Å². The Kier molecular flexibility index (Phi) is 11.9. The molecule has 1 aliphatic heterocycles. The Morgan fingerprint density at radius 1 is 0.870 bits per heavy atom. The summed E-state index contributed by atoms with van der Waals surface area (Å²) in [5.74, 6) is -0.510. The van der Waals surface area contributed by atoms with Gasteiger partial charge in [-0.15, -0.1) is 0 Å². The summed E-state index contributed by atoms with van der Waals surface area (Å²) in [7, 11) is -6.00. The van der Waals surface area contributed by atoms with Gasteiger partial charge in [0.2, 0.25) is 5.71 Å². The number of hydrogen-bond donors (Lipinski definition) is 0. The molecule has 0 bridgehead atoms. The van der Waals surface area contributed by atoms with Crippen molar-refractivity contribution >= 4 is 46.9 Å². The smallest absolute Gasteiger partial charge is 0.418 e. The van der Waals surface area contributed by atoms with Gasteiger partial charge >= 0.3 is 7.25 Å². The first-order chi connectivity index (χ1) is 22.0. The predicted molar refractivity (Wildman–Crippen MR) is 176 cm³/mol. The summed E-state index contributed by atoms with van der Waals surface area (Å²) >= 11 is 6.20. The lowest BCUT2D eigenvalue weighted by molar-refractivity contribution is -0.528. The predicted octanol–water partition coefficient (Wildman–Crippen LogP) is 8.73. The van der Waals surface area contributed by atoms with Crippen LogP contribution in [0.1, 0.15) is 25.0 Å². The van der Waals surface area contributed by atoms with Crippen molar-refractivity contribution in [2.75, 3.05) is 44.2 Å². The Hall–Kier alpha value is -4.25. The van der Waals surface area contributed by atoms with Gasteiger partial charge in [-0.3, -0.25) is 4.98 Å². The van der Waals surface area contributed by atoms with E-state index in [1.54, 1.807) is 0 Å². The Morgan fingerprint density at radius 3 is 2.00 bits per heavy atom. The highest BCUT2D eigenvalue weighted by Crippen LogP contribution is 2.28. The number of halogens is 7. The molecular formula is C34H34BClF6N4. The highest BCUT2D eigenvalue weighted by molar-refractivity contribution is 6.50. The maximum absolute atomic E-state index is 13.8. The van der Waals surface area contributed by atoms with Crippen LogP contribution in [-0.4, -0.2) is 66.7 Å². The highest BCUT2D eigenvalue weighted by atomic mass is 35.5. The number of aromatic nitrogens is 1.